The number of nitrogens with zero attached hydrogens (tertiary/aromatic N) is 4. The number of nitrogen functional groups attached to an aromatic ring is 1. The van der Waals surface area contributed by atoms with Crippen LogP contribution in [-0.4, -0.2) is 32.4 Å². The predicted octanol–water partition coefficient (Wildman–Crippen LogP) is 3.84. The van der Waals surface area contributed by atoms with Crippen molar-refractivity contribution in [2.24, 2.45) is 7.05 Å². The molecular formula is C24H20F3N5O3. The molecule has 0 spiro atoms. The lowest BCUT2D eigenvalue weighted by Gasteiger charge is -2.27. The molecule has 1 unspecified atom stereocenters. The zero-order valence-electron chi connectivity index (χ0n) is 18.5. The smallest absolute Gasteiger partial charge is 0.416 e. The van der Waals surface area contributed by atoms with E-state index in [-0.39, 0.29) is 24.8 Å². The number of halogens is 3. The van der Waals surface area contributed by atoms with Gasteiger partial charge in [0.05, 0.1) is 35.6 Å². The molecule has 0 radical (unpaired) electrons. The van der Waals surface area contributed by atoms with Crippen LogP contribution in [0.1, 0.15) is 33.1 Å². The van der Waals surface area contributed by atoms with Gasteiger partial charge in [0.2, 0.25) is 0 Å². The fraction of sp³-hybridized carbons (Fsp3) is 0.208. The number of hydrogen-bond donors (Lipinski definition) is 2. The predicted molar refractivity (Wildman–Crippen MR) is 122 cm³/mol. The third-order valence-electron chi connectivity index (χ3n) is 5.93. The van der Waals surface area contributed by atoms with Gasteiger partial charge in [-0.15, -0.1) is 0 Å². The highest BCUT2D eigenvalue weighted by Crippen LogP contribution is 2.42. The van der Waals surface area contributed by atoms with Crippen molar-refractivity contribution in [3.05, 3.63) is 77.1 Å². The fourth-order valence-electron chi connectivity index (χ4n) is 4.28. The number of aliphatic hydroxyl groups is 1. The van der Waals surface area contributed by atoms with Crippen molar-refractivity contribution in [1.82, 2.24) is 14.8 Å². The summed E-state index contributed by atoms with van der Waals surface area (Å²) in [5.74, 6) is -0.0928. The number of amides is 1. The Labute approximate surface area is 197 Å². The van der Waals surface area contributed by atoms with Crippen molar-refractivity contribution in [1.29, 1.82) is 0 Å². The Hall–Kier alpha value is -4.12. The van der Waals surface area contributed by atoms with Crippen LogP contribution in [0.25, 0.3) is 10.9 Å². The van der Waals surface area contributed by atoms with Crippen molar-refractivity contribution in [2.75, 3.05) is 17.2 Å². The van der Waals surface area contributed by atoms with Gasteiger partial charge in [0.15, 0.2) is 0 Å². The van der Waals surface area contributed by atoms with Gasteiger partial charge in [-0.25, -0.2) is 4.98 Å². The van der Waals surface area contributed by atoms with Crippen LogP contribution in [0.5, 0.6) is 5.75 Å². The molecule has 35 heavy (non-hydrogen) atoms. The van der Waals surface area contributed by atoms with E-state index in [0.717, 1.165) is 12.1 Å². The summed E-state index contributed by atoms with van der Waals surface area (Å²) in [4.78, 5) is 19.5. The lowest BCUT2D eigenvalue weighted by Crippen LogP contribution is -2.35. The van der Waals surface area contributed by atoms with Crippen LogP contribution >= 0.6 is 0 Å². The molecule has 0 saturated carbocycles. The van der Waals surface area contributed by atoms with Crippen molar-refractivity contribution in [3.63, 3.8) is 0 Å². The number of aromatic nitrogens is 3. The van der Waals surface area contributed by atoms with Gasteiger partial charge in [0.1, 0.15) is 18.2 Å². The summed E-state index contributed by atoms with van der Waals surface area (Å²) >= 11 is 0. The maximum atomic E-state index is 13.8. The molecule has 0 saturated heterocycles. The average Bonchev–Trinajstić information content (AvgIpc) is 3.44. The summed E-state index contributed by atoms with van der Waals surface area (Å²) in [6.07, 6.45) is -1.37. The summed E-state index contributed by atoms with van der Waals surface area (Å²) in [5, 5.41) is 14.5. The first-order valence-electron chi connectivity index (χ1n) is 10.6. The Morgan fingerprint density at radius 2 is 2.06 bits per heavy atom. The number of pyridine rings is 1. The second-order valence-electron chi connectivity index (χ2n) is 8.22. The Bertz CT molecular complexity index is 1450. The fourth-order valence-corrected chi connectivity index (χ4v) is 4.28. The molecule has 1 atom stereocenters. The monoisotopic (exact) mass is 483 g/mol. The number of hydrogen-bond acceptors (Lipinski definition) is 6. The van der Waals surface area contributed by atoms with Crippen LogP contribution < -0.4 is 15.4 Å². The van der Waals surface area contributed by atoms with E-state index >= 15 is 0 Å². The van der Waals surface area contributed by atoms with Gasteiger partial charge in [0, 0.05) is 29.8 Å². The molecule has 3 N–H and O–H groups in total. The molecule has 0 aliphatic carbocycles. The van der Waals surface area contributed by atoms with E-state index in [9.17, 15) is 23.1 Å². The quantitative estimate of drug-likeness (QED) is 0.457. The van der Waals surface area contributed by atoms with E-state index in [1.807, 2.05) is 0 Å². The van der Waals surface area contributed by atoms with Crippen LogP contribution in [0, 0.1) is 0 Å². The van der Waals surface area contributed by atoms with Crippen LogP contribution in [0.3, 0.4) is 0 Å². The summed E-state index contributed by atoms with van der Waals surface area (Å²) in [7, 11) is 1.69. The van der Waals surface area contributed by atoms with Crippen molar-refractivity contribution < 1.29 is 27.8 Å². The Morgan fingerprint density at radius 1 is 1.26 bits per heavy atom. The lowest BCUT2D eigenvalue weighted by atomic mass is 10.0. The molecule has 180 valence electrons. The zero-order chi connectivity index (χ0) is 24.9. The van der Waals surface area contributed by atoms with E-state index in [0.29, 0.717) is 33.3 Å². The molecule has 11 heteroatoms. The second kappa shape index (κ2) is 8.27. The number of carbonyl (C=O) groups is 1. The van der Waals surface area contributed by atoms with Crippen LogP contribution in [0.4, 0.5) is 24.7 Å². The van der Waals surface area contributed by atoms with Gasteiger partial charge in [-0.1, -0.05) is 6.07 Å². The minimum absolute atomic E-state index is 0.0230. The number of alkyl halides is 3. The number of fused-ring (bicyclic) bond motifs is 2. The SMILES string of the molecule is Cn1cc(N(C(=O)c2ccc3nc(N)cc(CO)c3c2)C2COc3cc(C(F)(F)F)ccc32)cn1. The molecule has 4 aromatic rings. The molecule has 0 fully saturated rings. The van der Waals surface area contributed by atoms with E-state index in [4.69, 9.17) is 10.5 Å². The highest BCUT2D eigenvalue weighted by atomic mass is 19.4. The molecule has 0 bridgehead atoms. The van der Waals surface area contributed by atoms with Gasteiger partial charge in [0.25, 0.3) is 5.91 Å². The molecule has 8 nitrogen and oxygen atoms in total. The van der Waals surface area contributed by atoms with Gasteiger partial charge >= 0.3 is 6.18 Å². The minimum atomic E-state index is -4.51. The second-order valence-corrected chi connectivity index (χ2v) is 8.22. The third-order valence-corrected chi connectivity index (χ3v) is 5.93. The van der Waals surface area contributed by atoms with E-state index < -0.39 is 23.7 Å². The molecule has 2 aromatic heterocycles. The normalized spacial score (nSPS) is 15.2. The standard InChI is InChI=1S/C24H20F3N5O3/c1-31-10-16(9-29-31)32(20-12-35-21-8-15(24(25,26)27)3-4-17(20)21)23(34)13-2-5-19-18(6-13)14(11-33)7-22(28)30-19/h2-10,20,33H,11-12H2,1H3,(H2,28,30). The van der Waals surface area contributed by atoms with E-state index in [1.54, 1.807) is 31.4 Å². The first kappa shape index (κ1) is 22.7. The van der Waals surface area contributed by atoms with Crippen molar-refractivity contribution in [2.45, 2.75) is 18.8 Å². The summed E-state index contributed by atoms with van der Waals surface area (Å²) in [6.45, 7) is -0.316. The molecule has 3 heterocycles. The Morgan fingerprint density at radius 3 is 2.74 bits per heavy atom. The van der Waals surface area contributed by atoms with Crippen LogP contribution in [-0.2, 0) is 19.8 Å². The molecule has 2 aromatic carbocycles. The number of nitrogens with two attached hydrogens (primary N) is 1. The van der Waals surface area contributed by atoms with Crippen LogP contribution in [0.2, 0.25) is 0 Å². The summed E-state index contributed by atoms with van der Waals surface area (Å²) < 4.78 is 46.7. The lowest BCUT2D eigenvalue weighted by molar-refractivity contribution is -0.137. The van der Waals surface area contributed by atoms with Gasteiger partial charge in [-0.2, -0.15) is 18.3 Å². The molecular weight excluding hydrogens is 463 g/mol. The van der Waals surface area contributed by atoms with E-state index in [1.165, 1.54) is 27.9 Å². The summed E-state index contributed by atoms with van der Waals surface area (Å²) in [5.41, 5.74) is 7.22. The third kappa shape index (κ3) is 4.03. The first-order valence-corrected chi connectivity index (χ1v) is 10.6. The molecule has 1 aliphatic rings. The first-order chi connectivity index (χ1) is 16.7. The number of ether oxygens (including phenoxy) is 1. The maximum absolute atomic E-state index is 13.8. The molecule has 1 amide bonds. The number of aryl methyl sites for hydroxylation is 1. The average molecular weight is 483 g/mol. The minimum Gasteiger partial charge on any atom is -0.491 e. The van der Waals surface area contributed by atoms with Crippen molar-refractivity contribution >= 4 is 28.3 Å². The maximum Gasteiger partial charge on any atom is 0.416 e. The largest absolute Gasteiger partial charge is 0.491 e. The van der Waals surface area contributed by atoms with E-state index in [2.05, 4.69) is 10.1 Å². The van der Waals surface area contributed by atoms with Gasteiger partial charge in [-0.3, -0.25) is 14.4 Å². The highest BCUT2D eigenvalue weighted by Gasteiger charge is 2.38. The van der Waals surface area contributed by atoms with Crippen molar-refractivity contribution in [3.8, 4) is 5.75 Å². The molecule has 5 rings (SSSR count). The van der Waals surface area contributed by atoms with Crippen LogP contribution in [0.15, 0.2) is 54.9 Å². The van der Waals surface area contributed by atoms with Gasteiger partial charge < -0.3 is 15.6 Å². The topological polar surface area (TPSA) is 107 Å². The number of carbonyl (C=O) groups excluding carboxylic acids is 1. The number of rotatable bonds is 4. The Kier molecular flexibility index (Phi) is 5.36. The molecule has 1 aliphatic heterocycles. The van der Waals surface area contributed by atoms with Gasteiger partial charge in [-0.05, 0) is 42.0 Å². The highest BCUT2D eigenvalue weighted by molar-refractivity contribution is 6.08. The number of aliphatic hydroxyl groups excluding tert-OH is 1. The summed E-state index contributed by atoms with van der Waals surface area (Å²) in [6, 6.07) is 8.95. The number of benzene rings is 2. The zero-order valence-corrected chi connectivity index (χ0v) is 18.5. The number of anilines is 2. The Balaban J connectivity index is 1.59.